The van der Waals surface area contributed by atoms with Crippen LogP contribution >= 0.6 is 22.9 Å². The van der Waals surface area contributed by atoms with Crippen molar-refractivity contribution in [2.24, 2.45) is 0 Å². The first-order chi connectivity index (χ1) is 6.25. The van der Waals surface area contributed by atoms with Crippen LogP contribution in [0.5, 0.6) is 5.75 Å². The molecule has 0 saturated heterocycles. The standard InChI is InChI=1S/C9H6ClNOS/c10-9-11-8(5-13-9)6-1-3-7(12)4-2-6/h1-5,12H. The van der Waals surface area contributed by atoms with Gasteiger partial charge in [0, 0.05) is 10.9 Å². The molecule has 0 aliphatic heterocycles. The van der Waals surface area contributed by atoms with E-state index in [1.165, 1.54) is 11.3 Å². The maximum absolute atomic E-state index is 9.06. The zero-order valence-electron chi connectivity index (χ0n) is 6.57. The van der Waals surface area contributed by atoms with E-state index in [2.05, 4.69) is 4.98 Å². The minimum Gasteiger partial charge on any atom is -0.508 e. The van der Waals surface area contributed by atoms with Gasteiger partial charge in [0.15, 0.2) is 4.47 Å². The molecule has 13 heavy (non-hydrogen) atoms. The molecule has 0 aliphatic carbocycles. The van der Waals surface area contributed by atoms with E-state index in [1.54, 1.807) is 24.3 Å². The molecule has 4 heteroatoms. The predicted octanol–water partition coefficient (Wildman–Crippen LogP) is 3.17. The van der Waals surface area contributed by atoms with Gasteiger partial charge in [-0.1, -0.05) is 11.6 Å². The van der Waals surface area contributed by atoms with Crippen LogP contribution in [-0.2, 0) is 0 Å². The molecular weight excluding hydrogens is 206 g/mol. The second-order valence-corrected chi connectivity index (χ2v) is 3.97. The highest BCUT2D eigenvalue weighted by Crippen LogP contribution is 2.25. The normalized spacial score (nSPS) is 10.2. The summed E-state index contributed by atoms with van der Waals surface area (Å²) >= 11 is 7.09. The highest BCUT2D eigenvalue weighted by molar-refractivity contribution is 7.14. The average molecular weight is 212 g/mol. The van der Waals surface area contributed by atoms with Gasteiger partial charge >= 0.3 is 0 Å². The van der Waals surface area contributed by atoms with Gasteiger partial charge in [0.1, 0.15) is 5.75 Å². The zero-order valence-corrected chi connectivity index (χ0v) is 8.14. The van der Waals surface area contributed by atoms with E-state index in [0.717, 1.165) is 11.3 Å². The quantitative estimate of drug-likeness (QED) is 0.786. The Labute approximate surface area is 84.4 Å². The highest BCUT2D eigenvalue weighted by atomic mass is 35.5. The van der Waals surface area contributed by atoms with Crippen molar-refractivity contribution in [1.29, 1.82) is 0 Å². The Bertz CT molecular complexity index is 410. The monoisotopic (exact) mass is 211 g/mol. The van der Waals surface area contributed by atoms with Crippen molar-refractivity contribution in [3.63, 3.8) is 0 Å². The average Bonchev–Trinajstić information content (AvgIpc) is 2.53. The second-order valence-electron chi connectivity index (χ2n) is 2.53. The third kappa shape index (κ3) is 1.82. The summed E-state index contributed by atoms with van der Waals surface area (Å²) in [5.41, 5.74) is 1.80. The lowest BCUT2D eigenvalue weighted by Gasteiger charge is -1.95. The summed E-state index contributed by atoms with van der Waals surface area (Å²) in [5.74, 6) is 0.255. The van der Waals surface area contributed by atoms with E-state index in [4.69, 9.17) is 16.7 Å². The molecule has 0 unspecified atom stereocenters. The number of phenolic OH excluding ortho intramolecular Hbond substituents is 1. The number of phenols is 1. The Hall–Kier alpha value is -1.06. The van der Waals surface area contributed by atoms with Gasteiger partial charge in [0.05, 0.1) is 5.69 Å². The van der Waals surface area contributed by atoms with Crippen LogP contribution in [0.25, 0.3) is 11.3 Å². The van der Waals surface area contributed by atoms with E-state index in [0.29, 0.717) is 4.47 Å². The van der Waals surface area contributed by atoms with E-state index < -0.39 is 0 Å². The zero-order chi connectivity index (χ0) is 9.26. The summed E-state index contributed by atoms with van der Waals surface area (Å²) in [6.07, 6.45) is 0. The van der Waals surface area contributed by atoms with E-state index in [-0.39, 0.29) is 5.75 Å². The van der Waals surface area contributed by atoms with Gasteiger partial charge in [-0.3, -0.25) is 0 Å². The van der Waals surface area contributed by atoms with E-state index in [9.17, 15) is 0 Å². The SMILES string of the molecule is Oc1ccc(-c2csc(Cl)n2)cc1. The number of rotatable bonds is 1. The van der Waals surface area contributed by atoms with Gasteiger partial charge < -0.3 is 5.11 Å². The fraction of sp³-hybridized carbons (Fsp3) is 0. The van der Waals surface area contributed by atoms with Crippen LogP contribution < -0.4 is 0 Å². The fourth-order valence-corrected chi connectivity index (χ4v) is 1.79. The topological polar surface area (TPSA) is 33.1 Å². The summed E-state index contributed by atoms with van der Waals surface area (Å²) in [5, 5.41) is 10.9. The van der Waals surface area contributed by atoms with Crippen LogP contribution in [0.1, 0.15) is 0 Å². The lowest BCUT2D eigenvalue weighted by atomic mass is 10.2. The van der Waals surface area contributed by atoms with Crippen LogP contribution in [0.4, 0.5) is 0 Å². The Kier molecular flexibility index (Phi) is 2.20. The van der Waals surface area contributed by atoms with Gasteiger partial charge in [-0.25, -0.2) is 4.98 Å². The maximum atomic E-state index is 9.06. The molecule has 0 bridgehead atoms. The van der Waals surface area contributed by atoms with Crippen LogP contribution in [0, 0.1) is 0 Å². The second kappa shape index (κ2) is 3.36. The maximum Gasteiger partial charge on any atom is 0.184 e. The molecule has 2 rings (SSSR count). The third-order valence-electron chi connectivity index (χ3n) is 1.64. The fourth-order valence-electron chi connectivity index (χ4n) is 1.02. The summed E-state index contributed by atoms with van der Waals surface area (Å²) < 4.78 is 0.531. The molecular formula is C9H6ClNOS. The summed E-state index contributed by atoms with van der Waals surface area (Å²) in [6.45, 7) is 0. The lowest BCUT2D eigenvalue weighted by Crippen LogP contribution is -1.75. The van der Waals surface area contributed by atoms with E-state index >= 15 is 0 Å². The predicted molar refractivity (Wildman–Crippen MR) is 54.2 cm³/mol. The molecule has 0 aliphatic rings. The molecule has 1 N–H and O–H groups in total. The third-order valence-corrected chi connectivity index (χ3v) is 2.62. The minimum atomic E-state index is 0.255. The summed E-state index contributed by atoms with van der Waals surface area (Å²) in [6, 6.07) is 6.87. The smallest absolute Gasteiger partial charge is 0.184 e. The number of halogens is 1. The molecule has 0 saturated carbocycles. The van der Waals surface area contributed by atoms with E-state index in [1.807, 2.05) is 5.38 Å². The van der Waals surface area contributed by atoms with Crippen LogP contribution in [0.2, 0.25) is 4.47 Å². The largest absolute Gasteiger partial charge is 0.508 e. The van der Waals surface area contributed by atoms with Crippen LogP contribution in [-0.4, -0.2) is 10.1 Å². The van der Waals surface area contributed by atoms with Crippen molar-refractivity contribution in [1.82, 2.24) is 4.98 Å². The Morgan fingerprint density at radius 2 is 1.92 bits per heavy atom. The highest BCUT2D eigenvalue weighted by Gasteiger charge is 2.01. The van der Waals surface area contributed by atoms with Crippen LogP contribution in [0.3, 0.4) is 0 Å². The number of aromatic nitrogens is 1. The first-order valence-corrected chi connectivity index (χ1v) is 4.92. The molecule has 1 aromatic heterocycles. The lowest BCUT2D eigenvalue weighted by molar-refractivity contribution is 0.475. The van der Waals surface area contributed by atoms with Crippen molar-refractivity contribution < 1.29 is 5.11 Å². The summed E-state index contributed by atoms with van der Waals surface area (Å²) in [4.78, 5) is 4.11. The van der Waals surface area contributed by atoms with Crippen molar-refractivity contribution in [2.45, 2.75) is 0 Å². The molecule has 0 fully saturated rings. The van der Waals surface area contributed by atoms with Gasteiger partial charge in [0.2, 0.25) is 0 Å². The van der Waals surface area contributed by atoms with Crippen molar-refractivity contribution in [3.8, 4) is 17.0 Å². The number of thiazole rings is 1. The number of nitrogens with zero attached hydrogens (tertiary/aromatic N) is 1. The molecule has 0 amide bonds. The molecule has 2 aromatic rings. The number of hydrogen-bond donors (Lipinski definition) is 1. The summed E-state index contributed by atoms with van der Waals surface area (Å²) in [7, 11) is 0. The van der Waals surface area contributed by atoms with Crippen molar-refractivity contribution >= 4 is 22.9 Å². The van der Waals surface area contributed by atoms with Gasteiger partial charge in [-0.05, 0) is 24.3 Å². The van der Waals surface area contributed by atoms with Crippen molar-refractivity contribution in [3.05, 3.63) is 34.1 Å². The first-order valence-electron chi connectivity index (χ1n) is 3.66. The first kappa shape index (κ1) is 8.53. The number of benzene rings is 1. The molecule has 1 aromatic carbocycles. The molecule has 66 valence electrons. The molecule has 0 spiro atoms. The Morgan fingerprint density at radius 3 is 2.46 bits per heavy atom. The Morgan fingerprint density at radius 1 is 1.23 bits per heavy atom. The van der Waals surface area contributed by atoms with Gasteiger partial charge in [-0.15, -0.1) is 11.3 Å². The van der Waals surface area contributed by atoms with Crippen LogP contribution in [0.15, 0.2) is 29.6 Å². The van der Waals surface area contributed by atoms with Gasteiger partial charge in [0.25, 0.3) is 0 Å². The van der Waals surface area contributed by atoms with Gasteiger partial charge in [-0.2, -0.15) is 0 Å². The molecule has 0 radical (unpaired) electrons. The number of hydrogen-bond acceptors (Lipinski definition) is 3. The molecule has 0 atom stereocenters. The Balaban J connectivity index is 2.41. The molecule has 2 nitrogen and oxygen atoms in total. The number of aromatic hydroxyl groups is 1. The minimum absolute atomic E-state index is 0.255. The molecule has 1 heterocycles. The van der Waals surface area contributed by atoms with Crippen molar-refractivity contribution in [2.75, 3.05) is 0 Å².